The van der Waals surface area contributed by atoms with E-state index in [1.54, 1.807) is 49.7 Å². The summed E-state index contributed by atoms with van der Waals surface area (Å²) < 4.78 is 5.22. The lowest BCUT2D eigenvalue weighted by Crippen LogP contribution is -2.03. The maximum atomic E-state index is 10.7. The molecule has 0 amide bonds. The molecule has 0 spiro atoms. The first-order valence-corrected chi connectivity index (χ1v) is 10.1. The Morgan fingerprint density at radius 1 is 0.750 bits per heavy atom. The van der Waals surface area contributed by atoms with E-state index in [2.05, 4.69) is 4.99 Å². The van der Waals surface area contributed by atoms with E-state index >= 15 is 0 Å². The van der Waals surface area contributed by atoms with Crippen molar-refractivity contribution in [2.75, 3.05) is 7.11 Å². The van der Waals surface area contributed by atoms with Crippen molar-refractivity contribution >= 4 is 23.3 Å². The largest absolute Gasteiger partial charge is 0.507 e. The monoisotopic (exact) mass is 422 g/mol. The van der Waals surface area contributed by atoms with Crippen molar-refractivity contribution in [3.63, 3.8) is 0 Å². The van der Waals surface area contributed by atoms with Crippen LogP contribution in [0.5, 0.6) is 17.2 Å². The summed E-state index contributed by atoms with van der Waals surface area (Å²) in [6.07, 6.45) is 1.61. The number of aromatic hydroxyl groups is 2. The fourth-order valence-corrected chi connectivity index (χ4v) is 3.24. The third-order valence-corrected chi connectivity index (χ3v) is 4.90. The molecule has 0 fully saturated rings. The van der Waals surface area contributed by atoms with Gasteiger partial charge in [-0.2, -0.15) is 0 Å². The number of nitrogens with zero attached hydrogens (tertiary/aromatic N) is 2. The van der Waals surface area contributed by atoms with Crippen LogP contribution in [0.15, 0.2) is 107 Å². The highest BCUT2D eigenvalue weighted by molar-refractivity contribution is 6.15. The number of methoxy groups -OCH3 is 1. The number of phenolic OH excluding ortho intramolecular Hbond substituents is 2. The van der Waals surface area contributed by atoms with Crippen molar-refractivity contribution in [1.82, 2.24) is 0 Å². The van der Waals surface area contributed by atoms with Gasteiger partial charge in [-0.3, -0.25) is 4.99 Å². The summed E-state index contributed by atoms with van der Waals surface area (Å²) in [4.78, 5) is 9.44. The number of hydrogen-bond acceptors (Lipinski definition) is 5. The normalized spacial score (nSPS) is 11.6. The number of rotatable bonds is 6. The molecule has 4 aromatic carbocycles. The molecular weight excluding hydrogens is 400 g/mol. The highest BCUT2D eigenvalue weighted by Gasteiger charge is 2.14. The van der Waals surface area contributed by atoms with Gasteiger partial charge < -0.3 is 14.9 Å². The third kappa shape index (κ3) is 4.68. The Balaban J connectivity index is 1.82. The molecule has 5 nitrogen and oxygen atoms in total. The van der Waals surface area contributed by atoms with Gasteiger partial charge in [-0.1, -0.05) is 54.6 Å². The van der Waals surface area contributed by atoms with Crippen molar-refractivity contribution in [1.29, 1.82) is 0 Å². The van der Waals surface area contributed by atoms with Crippen LogP contribution in [-0.2, 0) is 0 Å². The molecule has 0 radical (unpaired) electrons. The molecule has 0 bridgehead atoms. The third-order valence-electron chi connectivity index (χ3n) is 4.90. The molecule has 0 aliphatic carbocycles. The first-order valence-electron chi connectivity index (χ1n) is 10.1. The second-order valence-corrected chi connectivity index (χ2v) is 7.02. The van der Waals surface area contributed by atoms with Crippen LogP contribution in [0.4, 0.5) is 11.4 Å². The van der Waals surface area contributed by atoms with E-state index in [1.807, 2.05) is 60.7 Å². The van der Waals surface area contributed by atoms with Crippen molar-refractivity contribution in [3.05, 3.63) is 114 Å². The quantitative estimate of drug-likeness (QED) is 0.373. The lowest BCUT2D eigenvalue weighted by molar-refractivity contribution is 0.407. The highest BCUT2D eigenvalue weighted by Crippen LogP contribution is 2.32. The van der Waals surface area contributed by atoms with Crippen LogP contribution in [0.1, 0.15) is 16.7 Å². The van der Waals surface area contributed by atoms with Gasteiger partial charge in [0, 0.05) is 29.0 Å². The lowest BCUT2D eigenvalue weighted by atomic mass is 10.0. The fraction of sp³-hybridized carbons (Fsp3) is 0.0370. The molecule has 158 valence electrons. The van der Waals surface area contributed by atoms with Gasteiger partial charge in [0.15, 0.2) is 0 Å². The predicted octanol–water partition coefficient (Wildman–Crippen LogP) is 6.03. The molecule has 0 atom stereocenters. The van der Waals surface area contributed by atoms with Crippen LogP contribution in [0.3, 0.4) is 0 Å². The van der Waals surface area contributed by atoms with Gasteiger partial charge in [0.25, 0.3) is 0 Å². The molecule has 32 heavy (non-hydrogen) atoms. The van der Waals surface area contributed by atoms with Crippen LogP contribution in [-0.4, -0.2) is 29.2 Å². The van der Waals surface area contributed by atoms with Crippen LogP contribution in [0, 0.1) is 0 Å². The zero-order valence-corrected chi connectivity index (χ0v) is 17.5. The van der Waals surface area contributed by atoms with Gasteiger partial charge in [-0.15, -0.1) is 0 Å². The van der Waals surface area contributed by atoms with Gasteiger partial charge in [0.05, 0.1) is 24.2 Å². The second kappa shape index (κ2) is 9.62. The molecule has 0 saturated carbocycles. The minimum absolute atomic E-state index is 0.0714. The Labute approximate surface area is 186 Å². The summed E-state index contributed by atoms with van der Waals surface area (Å²) >= 11 is 0. The van der Waals surface area contributed by atoms with Crippen LogP contribution in [0.25, 0.3) is 0 Å². The van der Waals surface area contributed by atoms with E-state index in [0.29, 0.717) is 34.0 Å². The number of hydrogen-bond donors (Lipinski definition) is 2. The van der Waals surface area contributed by atoms with Crippen molar-refractivity contribution < 1.29 is 14.9 Å². The molecular formula is C27H22N2O3. The van der Waals surface area contributed by atoms with Gasteiger partial charge >= 0.3 is 0 Å². The fourth-order valence-electron chi connectivity index (χ4n) is 3.24. The van der Waals surface area contributed by atoms with Gasteiger partial charge in [0.1, 0.15) is 17.2 Å². The Morgan fingerprint density at radius 2 is 1.44 bits per heavy atom. The summed E-state index contributed by atoms with van der Waals surface area (Å²) in [7, 11) is 1.55. The SMILES string of the molecule is COc1ccc(C(=Nc2ccccc2N=Cc2ccccc2O)c2ccccc2)c(O)c1. The van der Waals surface area contributed by atoms with E-state index < -0.39 is 0 Å². The molecule has 0 heterocycles. The van der Waals surface area contributed by atoms with Crippen LogP contribution >= 0.6 is 0 Å². The van der Waals surface area contributed by atoms with E-state index in [9.17, 15) is 10.2 Å². The predicted molar refractivity (Wildman–Crippen MR) is 128 cm³/mol. The van der Waals surface area contributed by atoms with E-state index in [1.165, 1.54) is 0 Å². The first kappa shape index (κ1) is 20.9. The molecule has 4 rings (SSSR count). The Kier molecular flexibility index (Phi) is 6.28. The summed E-state index contributed by atoms with van der Waals surface area (Å²) in [5.41, 5.74) is 3.92. The van der Waals surface area contributed by atoms with Crippen LogP contribution < -0.4 is 4.74 Å². The molecule has 2 N–H and O–H groups in total. The van der Waals surface area contributed by atoms with Gasteiger partial charge in [-0.25, -0.2) is 4.99 Å². The molecule has 0 unspecified atom stereocenters. The number of para-hydroxylation sites is 3. The molecule has 5 heteroatoms. The maximum absolute atomic E-state index is 10.7. The Bertz CT molecular complexity index is 1280. The average molecular weight is 422 g/mol. The van der Waals surface area contributed by atoms with Gasteiger partial charge in [-0.05, 0) is 36.4 Å². The zero-order chi connectivity index (χ0) is 22.3. The molecule has 0 aliphatic rings. The first-order chi connectivity index (χ1) is 15.7. The van der Waals surface area contributed by atoms with Crippen molar-refractivity contribution in [2.45, 2.75) is 0 Å². The summed E-state index contributed by atoms with van der Waals surface area (Å²) in [5, 5.41) is 20.7. The average Bonchev–Trinajstić information content (AvgIpc) is 2.83. The smallest absolute Gasteiger partial charge is 0.128 e. The molecule has 4 aromatic rings. The highest BCUT2D eigenvalue weighted by atomic mass is 16.5. The number of phenols is 2. The molecule has 0 saturated heterocycles. The Hall–Kier alpha value is -4.38. The topological polar surface area (TPSA) is 74.4 Å². The zero-order valence-electron chi connectivity index (χ0n) is 17.5. The Morgan fingerprint density at radius 3 is 2.16 bits per heavy atom. The minimum atomic E-state index is 0.0714. The van der Waals surface area contributed by atoms with Crippen molar-refractivity contribution in [3.8, 4) is 17.2 Å². The summed E-state index contributed by atoms with van der Waals surface area (Å²) in [6, 6.07) is 29.3. The number of benzene rings is 4. The lowest BCUT2D eigenvalue weighted by Gasteiger charge is -2.12. The van der Waals surface area contributed by atoms with Crippen LogP contribution in [0.2, 0.25) is 0 Å². The molecule has 0 aromatic heterocycles. The van der Waals surface area contributed by atoms with E-state index in [-0.39, 0.29) is 11.5 Å². The number of aliphatic imine (C=N–C) groups is 2. The van der Waals surface area contributed by atoms with Crippen molar-refractivity contribution in [2.24, 2.45) is 9.98 Å². The van der Waals surface area contributed by atoms with E-state index in [0.717, 1.165) is 5.56 Å². The van der Waals surface area contributed by atoms with Gasteiger partial charge in [0.2, 0.25) is 0 Å². The number of ether oxygens (including phenoxy) is 1. The second-order valence-electron chi connectivity index (χ2n) is 7.02. The summed E-state index contributed by atoms with van der Waals surface area (Å²) in [6.45, 7) is 0. The van der Waals surface area contributed by atoms with E-state index in [4.69, 9.17) is 9.73 Å². The minimum Gasteiger partial charge on any atom is -0.507 e. The molecule has 0 aliphatic heterocycles. The maximum Gasteiger partial charge on any atom is 0.128 e. The summed E-state index contributed by atoms with van der Waals surface area (Å²) in [5.74, 6) is 0.791. The standard InChI is InChI=1S/C27H22N2O3/c1-32-21-15-16-22(26(31)17-21)27(19-9-3-2-4-10-19)29-24-13-7-6-12-23(24)28-18-20-11-5-8-14-25(20)30/h2-18,30-31H,1H3.